The van der Waals surface area contributed by atoms with E-state index in [2.05, 4.69) is 0 Å². The SMILES string of the molecule is COC(C)(C)CC(N)c1ccccc1OC(C)C. The van der Waals surface area contributed by atoms with Crippen molar-refractivity contribution in [3.63, 3.8) is 0 Å². The van der Waals surface area contributed by atoms with E-state index in [-0.39, 0.29) is 17.7 Å². The van der Waals surface area contributed by atoms with Crippen molar-refractivity contribution in [2.24, 2.45) is 5.73 Å². The molecule has 0 aromatic heterocycles. The number of para-hydroxylation sites is 1. The lowest BCUT2D eigenvalue weighted by Crippen LogP contribution is -2.29. The van der Waals surface area contributed by atoms with Crippen LogP contribution in [0.15, 0.2) is 24.3 Å². The summed E-state index contributed by atoms with van der Waals surface area (Å²) in [5, 5.41) is 0. The van der Waals surface area contributed by atoms with Crippen molar-refractivity contribution in [3.8, 4) is 5.75 Å². The van der Waals surface area contributed by atoms with Gasteiger partial charge < -0.3 is 15.2 Å². The van der Waals surface area contributed by atoms with Crippen molar-refractivity contribution >= 4 is 0 Å². The molecule has 2 N–H and O–H groups in total. The molecule has 0 fully saturated rings. The second-order valence-electron chi connectivity index (χ2n) is 5.48. The maximum atomic E-state index is 6.27. The average molecular weight is 251 g/mol. The Morgan fingerprint density at radius 2 is 1.83 bits per heavy atom. The van der Waals surface area contributed by atoms with E-state index in [9.17, 15) is 0 Å². The Bertz CT molecular complexity index is 375. The van der Waals surface area contributed by atoms with Crippen LogP contribution in [0.4, 0.5) is 0 Å². The molecule has 0 saturated carbocycles. The maximum absolute atomic E-state index is 6.27. The molecule has 0 spiro atoms. The van der Waals surface area contributed by atoms with Gasteiger partial charge in [-0.2, -0.15) is 0 Å². The second-order valence-corrected chi connectivity index (χ2v) is 5.48. The number of hydrogen-bond acceptors (Lipinski definition) is 3. The zero-order valence-corrected chi connectivity index (χ0v) is 12.1. The summed E-state index contributed by atoms with van der Waals surface area (Å²) >= 11 is 0. The zero-order chi connectivity index (χ0) is 13.8. The summed E-state index contributed by atoms with van der Waals surface area (Å²) < 4.78 is 11.2. The number of methoxy groups -OCH3 is 1. The van der Waals surface area contributed by atoms with E-state index in [0.717, 1.165) is 17.7 Å². The van der Waals surface area contributed by atoms with E-state index in [0.29, 0.717) is 0 Å². The number of rotatable bonds is 6. The minimum absolute atomic E-state index is 0.0881. The molecule has 102 valence electrons. The molecule has 0 bridgehead atoms. The van der Waals surface area contributed by atoms with E-state index in [1.54, 1.807) is 7.11 Å². The molecule has 18 heavy (non-hydrogen) atoms. The first kappa shape index (κ1) is 15.0. The van der Waals surface area contributed by atoms with Crippen LogP contribution in [0.1, 0.15) is 45.7 Å². The standard InChI is InChI=1S/C15H25NO2/c1-11(2)18-14-9-7-6-8-12(14)13(16)10-15(3,4)17-5/h6-9,11,13H,10,16H2,1-5H3. The van der Waals surface area contributed by atoms with Crippen LogP contribution in [-0.2, 0) is 4.74 Å². The van der Waals surface area contributed by atoms with Crippen LogP contribution < -0.4 is 10.5 Å². The lowest BCUT2D eigenvalue weighted by molar-refractivity contribution is 0.00974. The first-order valence-corrected chi connectivity index (χ1v) is 6.42. The lowest BCUT2D eigenvalue weighted by atomic mass is 9.94. The summed E-state index contributed by atoms with van der Waals surface area (Å²) in [7, 11) is 1.71. The van der Waals surface area contributed by atoms with E-state index in [1.807, 2.05) is 52.0 Å². The van der Waals surface area contributed by atoms with Crippen LogP contribution in [0.3, 0.4) is 0 Å². The summed E-state index contributed by atoms with van der Waals surface area (Å²) in [6.45, 7) is 8.11. The molecule has 3 nitrogen and oxygen atoms in total. The molecule has 0 heterocycles. The van der Waals surface area contributed by atoms with Crippen LogP contribution in [-0.4, -0.2) is 18.8 Å². The van der Waals surface area contributed by atoms with Crippen LogP contribution in [0, 0.1) is 0 Å². The Balaban J connectivity index is 2.88. The monoisotopic (exact) mass is 251 g/mol. The third-order valence-corrected chi connectivity index (χ3v) is 2.95. The Kier molecular flexibility index (Phi) is 5.17. The molecule has 0 saturated heterocycles. The van der Waals surface area contributed by atoms with Crippen molar-refractivity contribution in [1.29, 1.82) is 0 Å². The lowest BCUT2D eigenvalue weighted by Gasteiger charge is -2.27. The summed E-state index contributed by atoms with van der Waals surface area (Å²) in [5.74, 6) is 0.868. The molecule has 1 rings (SSSR count). The first-order chi connectivity index (χ1) is 8.35. The van der Waals surface area contributed by atoms with Crippen LogP contribution in [0.5, 0.6) is 5.75 Å². The molecule has 1 aromatic carbocycles. The molecular formula is C15H25NO2. The molecule has 0 aliphatic rings. The van der Waals surface area contributed by atoms with Crippen LogP contribution in [0.25, 0.3) is 0 Å². The largest absolute Gasteiger partial charge is 0.491 e. The molecule has 3 heteroatoms. The smallest absolute Gasteiger partial charge is 0.124 e. The molecule has 0 aliphatic carbocycles. The van der Waals surface area contributed by atoms with Crippen LogP contribution >= 0.6 is 0 Å². The topological polar surface area (TPSA) is 44.5 Å². The minimum atomic E-state index is -0.232. The predicted molar refractivity (Wildman–Crippen MR) is 74.8 cm³/mol. The number of ether oxygens (including phenoxy) is 2. The molecule has 1 unspecified atom stereocenters. The Morgan fingerprint density at radius 3 is 2.39 bits per heavy atom. The van der Waals surface area contributed by atoms with Gasteiger partial charge in [0.25, 0.3) is 0 Å². The van der Waals surface area contributed by atoms with Gasteiger partial charge >= 0.3 is 0 Å². The second kappa shape index (κ2) is 6.21. The summed E-state index contributed by atoms with van der Waals surface area (Å²) in [6, 6.07) is 7.86. The fraction of sp³-hybridized carbons (Fsp3) is 0.600. The van der Waals surface area contributed by atoms with Gasteiger partial charge in [-0.25, -0.2) is 0 Å². The number of nitrogens with two attached hydrogens (primary N) is 1. The van der Waals surface area contributed by atoms with E-state index >= 15 is 0 Å². The van der Waals surface area contributed by atoms with Crippen molar-refractivity contribution in [2.45, 2.75) is 51.9 Å². The maximum Gasteiger partial charge on any atom is 0.124 e. The highest BCUT2D eigenvalue weighted by atomic mass is 16.5. The highest BCUT2D eigenvalue weighted by Crippen LogP contribution is 2.30. The van der Waals surface area contributed by atoms with Gasteiger partial charge in [-0.15, -0.1) is 0 Å². The molecule has 0 aliphatic heterocycles. The van der Waals surface area contributed by atoms with E-state index in [4.69, 9.17) is 15.2 Å². The molecular weight excluding hydrogens is 226 g/mol. The van der Waals surface area contributed by atoms with Gasteiger partial charge in [-0.3, -0.25) is 0 Å². The van der Waals surface area contributed by atoms with Crippen LogP contribution in [0.2, 0.25) is 0 Å². The number of hydrogen-bond donors (Lipinski definition) is 1. The first-order valence-electron chi connectivity index (χ1n) is 6.42. The van der Waals surface area contributed by atoms with E-state index in [1.165, 1.54) is 0 Å². The molecule has 1 aromatic rings. The minimum Gasteiger partial charge on any atom is -0.491 e. The Labute approximate surface area is 110 Å². The fourth-order valence-electron chi connectivity index (χ4n) is 1.87. The van der Waals surface area contributed by atoms with Crippen molar-refractivity contribution < 1.29 is 9.47 Å². The van der Waals surface area contributed by atoms with Gasteiger partial charge in [0, 0.05) is 18.7 Å². The summed E-state index contributed by atoms with van der Waals surface area (Å²) in [4.78, 5) is 0. The fourth-order valence-corrected chi connectivity index (χ4v) is 1.87. The highest BCUT2D eigenvalue weighted by Gasteiger charge is 2.23. The van der Waals surface area contributed by atoms with Crippen molar-refractivity contribution in [1.82, 2.24) is 0 Å². The summed E-state index contributed by atoms with van der Waals surface area (Å²) in [6.07, 6.45) is 0.899. The van der Waals surface area contributed by atoms with Gasteiger partial charge in [-0.1, -0.05) is 18.2 Å². The zero-order valence-electron chi connectivity index (χ0n) is 12.1. The van der Waals surface area contributed by atoms with Crippen molar-refractivity contribution in [2.75, 3.05) is 7.11 Å². The quantitative estimate of drug-likeness (QED) is 0.843. The number of benzene rings is 1. The Hall–Kier alpha value is -1.06. The normalized spacial score (nSPS) is 13.7. The third-order valence-electron chi connectivity index (χ3n) is 2.95. The predicted octanol–water partition coefficient (Wildman–Crippen LogP) is 3.29. The van der Waals surface area contributed by atoms with Gasteiger partial charge in [0.1, 0.15) is 5.75 Å². The van der Waals surface area contributed by atoms with Gasteiger partial charge in [0.05, 0.1) is 11.7 Å². The van der Waals surface area contributed by atoms with Gasteiger partial charge in [0.15, 0.2) is 0 Å². The Morgan fingerprint density at radius 1 is 1.22 bits per heavy atom. The molecule has 0 amide bonds. The van der Waals surface area contributed by atoms with Crippen molar-refractivity contribution in [3.05, 3.63) is 29.8 Å². The van der Waals surface area contributed by atoms with Gasteiger partial charge in [-0.05, 0) is 40.2 Å². The molecule has 0 radical (unpaired) electrons. The molecule has 1 atom stereocenters. The van der Waals surface area contributed by atoms with E-state index < -0.39 is 0 Å². The third kappa shape index (κ3) is 4.31. The average Bonchev–Trinajstić information content (AvgIpc) is 2.28. The highest BCUT2D eigenvalue weighted by molar-refractivity contribution is 5.36. The van der Waals surface area contributed by atoms with Gasteiger partial charge in [0.2, 0.25) is 0 Å². The summed E-state index contributed by atoms with van der Waals surface area (Å²) in [5.41, 5.74) is 7.08.